The molecule has 1 aliphatic heterocycles. The van der Waals surface area contributed by atoms with Gasteiger partial charge in [-0.1, -0.05) is 0 Å². The Kier molecular flexibility index (Phi) is 3.38. The quantitative estimate of drug-likeness (QED) is 0.770. The number of piperazine rings is 1. The first kappa shape index (κ1) is 12.0. The van der Waals surface area contributed by atoms with Crippen molar-refractivity contribution in [1.82, 2.24) is 20.4 Å². The van der Waals surface area contributed by atoms with Crippen molar-refractivity contribution < 1.29 is 4.79 Å². The van der Waals surface area contributed by atoms with Crippen LogP contribution in [0.25, 0.3) is 0 Å². The number of amides is 1. The van der Waals surface area contributed by atoms with E-state index in [0.29, 0.717) is 17.3 Å². The minimum Gasteiger partial charge on any atom is -0.336 e. The number of hydrogen-bond acceptors (Lipinski definition) is 4. The van der Waals surface area contributed by atoms with E-state index in [0.717, 1.165) is 25.3 Å². The Bertz CT molecular complexity index is 433. The first-order chi connectivity index (χ1) is 8.08. The number of aromatic nitrogens is 2. The van der Waals surface area contributed by atoms with Gasteiger partial charge in [-0.15, -0.1) is 0 Å². The molecule has 5 heteroatoms. The normalized spacial score (nSPS) is 20.4. The third kappa shape index (κ3) is 2.61. The summed E-state index contributed by atoms with van der Waals surface area (Å²) >= 11 is 0. The predicted molar refractivity (Wildman–Crippen MR) is 64.9 cm³/mol. The summed E-state index contributed by atoms with van der Waals surface area (Å²) in [5, 5.41) is 11.3. The molecule has 0 aliphatic carbocycles. The summed E-state index contributed by atoms with van der Waals surface area (Å²) in [4.78, 5) is 14.2. The number of aryl methyl sites for hydroxylation is 2. The first-order valence-corrected chi connectivity index (χ1v) is 5.91. The lowest BCUT2D eigenvalue weighted by Gasteiger charge is -2.32. The highest BCUT2D eigenvalue weighted by Gasteiger charge is 2.23. The van der Waals surface area contributed by atoms with Crippen molar-refractivity contribution in [2.45, 2.75) is 26.8 Å². The number of hydrogen-bond donors (Lipinski definition) is 1. The average molecular weight is 234 g/mol. The van der Waals surface area contributed by atoms with Gasteiger partial charge in [0.25, 0.3) is 5.91 Å². The average Bonchev–Trinajstić information content (AvgIpc) is 2.31. The van der Waals surface area contributed by atoms with Crippen LogP contribution in [-0.4, -0.2) is 46.7 Å². The Morgan fingerprint density at radius 3 is 2.94 bits per heavy atom. The highest BCUT2D eigenvalue weighted by molar-refractivity contribution is 5.95. The zero-order valence-corrected chi connectivity index (χ0v) is 10.5. The fourth-order valence-electron chi connectivity index (χ4n) is 2.05. The van der Waals surface area contributed by atoms with Gasteiger partial charge in [0.15, 0.2) is 0 Å². The molecule has 92 valence electrons. The van der Waals surface area contributed by atoms with Crippen LogP contribution in [0, 0.1) is 13.8 Å². The van der Waals surface area contributed by atoms with Gasteiger partial charge in [-0.2, -0.15) is 10.2 Å². The molecule has 1 saturated heterocycles. The van der Waals surface area contributed by atoms with Crippen molar-refractivity contribution in [2.75, 3.05) is 19.6 Å². The van der Waals surface area contributed by atoms with Crippen molar-refractivity contribution in [1.29, 1.82) is 0 Å². The van der Waals surface area contributed by atoms with E-state index in [1.54, 1.807) is 0 Å². The molecule has 2 rings (SSSR count). The van der Waals surface area contributed by atoms with Gasteiger partial charge in [-0.05, 0) is 26.8 Å². The maximum Gasteiger partial charge on any atom is 0.255 e. The van der Waals surface area contributed by atoms with Crippen LogP contribution in [-0.2, 0) is 0 Å². The standard InChI is InChI=1S/C12H18N4O/c1-8-6-11(10(3)15-14-8)12(17)16-5-4-13-9(2)7-16/h6,9,13H,4-5,7H2,1-3H3/t9-/m0/s1. The van der Waals surface area contributed by atoms with E-state index >= 15 is 0 Å². The Morgan fingerprint density at radius 1 is 1.47 bits per heavy atom. The van der Waals surface area contributed by atoms with Gasteiger partial charge in [0, 0.05) is 25.7 Å². The fourth-order valence-corrected chi connectivity index (χ4v) is 2.05. The van der Waals surface area contributed by atoms with Gasteiger partial charge in [0.2, 0.25) is 0 Å². The summed E-state index contributed by atoms with van der Waals surface area (Å²) in [5.74, 6) is 0.0638. The summed E-state index contributed by atoms with van der Waals surface area (Å²) in [6.07, 6.45) is 0. The van der Waals surface area contributed by atoms with E-state index in [-0.39, 0.29) is 5.91 Å². The molecule has 1 N–H and O–H groups in total. The molecule has 1 fully saturated rings. The van der Waals surface area contributed by atoms with Gasteiger partial charge in [-0.25, -0.2) is 0 Å². The minimum absolute atomic E-state index is 0.0638. The van der Waals surface area contributed by atoms with Gasteiger partial charge in [0.1, 0.15) is 0 Å². The number of carbonyl (C=O) groups excluding carboxylic acids is 1. The molecule has 0 spiro atoms. The van der Waals surface area contributed by atoms with Crippen LogP contribution in [0.1, 0.15) is 28.7 Å². The third-order valence-electron chi connectivity index (χ3n) is 2.99. The largest absolute Gasteiger partial charge is 0.336 e. The first-order valence-electron chi connectivity index (χ1n) is 5.91. The van der Waals surface area contributed by atoms with Crippen LogP contribution in [0.5, 0.6) is 0 Å². The fraction of sp³-hybridized carbons (Fsp3) is 0.583. The van der Waals surface area contributed by atoms with Crippen LogP contribution in [0.15, 0.2) is 6.07 Å². The number of nitrogens with one attached hydrogen (secondary N) is 1. The summed E-state index contributed by atoms with van der Waals surface area (Å²) in [6.45, 7) is 8.12. The molecule has 1 aliphatic rings. The molecule has 5 nitrogen and oxygen atoms in total. The van der Waals surface area contributed by atoms with E-state index < -0.39 is 0 Å². The second kappa shape index (κ2) is 4.79. The molecule has 0 saturated carbocycles. The summed E-state index contributed by atoms with van der Waals surface area (Å²) < 4.78 is 0. The number of rotatable bonds is 1. The topological polar surface area (TPSA) is 58.1 Å². The summed E-state index contributed by atoms with van der Waals surface area (Å²) in [7, 11) is 0. The molecule has 1 aromatic heterocycles. The van der Waals surface area contributed by atoms with Crippen molar-refractivity contribution in [3.8, 4) is 0 Å². The smallest absolute Gasteiger partial charge is 0.255 e. The van der Waals surface area contributed by atoms with Crippen molar-refractivity contribution in [3.63, 3.8) is 0 Å². The Labute approximate surface area is 101 Å². The van der Waals surface area contributed by atoms with Crippen LogP contribution < -0.4 is 5.32 Å². The molecule has 1 aromatic rings. The SMILES string of the molecule is Cc1cc(C(=O)N2CCN[C@@H](C)C2)c(C)nn1. The van der Waals surface area contributed by atoms with Crippen LogP contribution in [0.4, 0.5) is 0 Å². The molecular formula is C12H18N4O. The van der Waals surface area contributed by atoms with E-state index in [1.807, 2.05) is 24.8 Å². The minimum atomic E-state index is 0.0638. The molecule has 0 unspecified atom stereocenters. The van der Waals surface area contributed by atoms with E-state index in [1.165, 1.54) is 0 Å². The lowest BCUT2D eigenvalue weighted by atomic mass is 10.1. The summed E-state index contributed by atoms with van der Waals surface area (Å²) in [5.41, 5.74) is 2.15. The molecule has 1 atom stereocenters. The Balaban J connectivity index is 2.21. The Hall–Kier alpha value is -1.49. The summed E-state index contributed by atoms with van der Waals surface area (Å²) in [6, 6.07) is 2.17. The van der Waals surface area contributed by atoms with Crippen LogP contribution in [0.2, 0.25) is 0 Å². The third-order valence-corrected chi connectivity index (χ3v) is 2.99. The van der Waals surface area contributed by atoms with Crippen molar-refractivity contribution in [3.05, 3.63) is 23.0 Å². The van der Waals surface area contributed by atoms with E-state index in [2.05, 4.69) is 22.4 Å². The van der Waals surface area contributed by atoms with E-state index in [9.17, 15) is 4.79 Å². The molecular weight excluding hydrogens is 216 g/mol. The molecule has 0 bridgehead atoms. The van der Waals surface area contributed by atoms with E-state index in [4.69, 9.17) is 0 Å². The van der Waals surface area contributed by atoms with Gasteiger partial charge >= 0.3 is 0 Å². The second-order valence-electron chi connectivity index (χ2n) is 4.59. The molecule has 2 heterocycles. The number of nitrogens with zero attached hydrogens (tertiary/aromatic N) is 3. The zero-order valence-electron chi connectivity index (χ0n) is 10.5. The van der Waals surface area contributed by atoms with Crippen molar-refractivity contribution in [2.24, 2.45) is 0 Å². The Morgan fingerprint density at radius 2 is 2.24 bits per heavy atom. The van der Waals surface area contributed by atoms with Gasteiger partial charge < -0.3 is 10.2 Å². The maximum absolute atomic E-state index is 12.3. The van der Waals surface area contributed by atoms with Gasteiger partial charge in [0.05, 0.1) is 17.0 Å². The lowest BCUT2D eigenvalue weighted by molar-refractivity contribution is 0.0707. The highest BCUT2D eigenvalue weighted by Crippen LogP contribution is 2.11. The van der Waals surface area contributed by atoms with Crippen LogP contribution >= 0.6 is 0 Å². The maximum atomic E-state index is 12.3. The highest BCUT2D eigenvalue weighted by atomic mass is 16.2. The molecule has 0 radical (unpaired) electrons. The van der Waals surface area contributed by atoms with Crippen LogP contribution in [0.3, 0.4) is 0 Å². The van der Waals surface area contributed by atoms with Gasteiger partial charge in [-0.3, -0.25) is 4.79 Å². The lowest BCUT2D eigenvalue weighted by Crippen LogP contribution is -2.51. The molecule has 0 aromatic carbocycles. The number of carbonyl (C=O) groups is 1. The predicted octanol–water partition coefficient (Wildman–Crippen LogP) is 0.527. The second-order valence-corrected chi connectivity index (χ2v) is 4.59. The molecule has 17 heavy (non-hydrogen) atoms. The van der Waals surface area contributed by atoms with Crippen molar-refractivity contribution >= 4 is 5.91 Å². The monoisotopic (exact) mass is 234 g/mol. The molecule has 1 amide bonds. The zero-order chi connectivity index (χ0) is 12.4.